The van der Waals surface area contributed by atoms with Gasteiger partial charge in [-0.2, -0.15) is 0 Å². The van der Waals surface area contributed by atoms with E-state index >= 15 is 0 Å². The molecular formula is C23H18ClNO3. The van der Waals surface area contributed by atoms with Gasteiger partial charge in [-0.15, -0.1) is 0 Å². The first-order chi connectivity index (χ1) is 13.4. The predicted molar refractivity (Wildman–Crippen MR) is 111 cm³/mol. The van der Waals surface area contributed by atoms with E-state index in [-0.39, 0.29) is 11.2 Å². The lowest BCUT2D eigenvalue weighted by Gasteiger charge is -2.29. The molecule has 2 heterocycles. The predicted octanol–water partition coefficient (Wildman–Crippen LogP) is 5.55. The van der Waals surface area contributed by atoms with E-state index in [1.807, 2.05) is 42.5 Å². The minimum Gasteiger partial charge on any atom is -0.420 e. The molecule has 0 saturated heterocycles. The van der Waals surface area contributed by atoms with Gasteiger partial charge in [-0.3, -0.25) is 4.79 Å². The van der Waals surface area contributed by atoms with Gasteiger partial charge >= 0.3 is 5.63 Å². The van der Waals surface area contributed by atoms with Crippen molar-refractivity contribution in [1.82, 2.24) is 4.57 Å². The fourth-order valence-corrected chi connectivity index (χ4v) is 4.45. The molecule has 0 aliphatic heterocycles. The van der Waals surface area contributed by atoms with Crippen LogP contribution in [0.2, 0.25) is 5.02 Å². The standard InChI is InChI=1S/C23H18ClNO3/c1-23(2)11-17-19(18(26)12-23)21-20(25(17)14-9-7-13(24)8-10-14)15-5-3-4-6-16(15)22(27)28-21/h3-10H,11-12H2,1-2H3. The minimum atomic E-state index is -0.420. The number of aromatic nitrogens is 1. The van der Waals surface area contributed by atoms with Crippen LogP contribution in [0, 0.1) is 5.41 Å². The van der Waals surface area contributed by atoms with Crippen LogP contribution in [-0.4, -0.2) is 10.4 Å². The van der Waals surface area contributed by atoms with Crippen LogP contribution in [0.4, 0.5) is 0 Å². The van der Waals surface area contributed by atoms with Crippen molar-refractivity contribution in [3.05, 3.63) is 75.2 Å². The van der Waals surface area contributed by atoms with Crippen molar-refractivity contribution >= 4 is 39.3 Å². The third kappa shape index (κ3) is 2.45. The summed E-state index contributed by atoms with van der Waals surface area (Å²) in [6.45, 7) is 4.18. The lowest BCUT2D eigenvalue weighted by Crippen LogP contribution is -2.27. The van der Waals surface area contributed by atoms with E-state index in [4.69, 9.17) is 16.0 Å². The van der Waals surface area contributed by atoms with Crippen molar-refractivity contribution in [3.8, 4) is 5.69 Å². The molecule has 0 amide bonds. The Balaban J connectivity index is 2.02. The van der Waals surface area contributed by atoms with Crippen LogP contribution in [0.5, 0.6) is 0 Å². The number of halogens is 1. The van der Waals surface area contributed by atoms with Crippen LogP contribution in [-0.2, 0) is 6.42 Å². The SMILES string of the molecule is CC1(C)CC(=O)c2c(n(-c3ccc(Cl)cc3)c3c2oc(=O)c2ccccc23)C1. The molecule has 2 aromatic carbocycles. The normalized spacial score (nSPS) is 15.9. The zero-order valence-electron chi connectivity index (χ0n) is 15.6. The maximum absolute atomic E-state index is 13.1. The first-order valence-electron chi connectivity index (χ1n) is 9.24. The number of carbonyl (C=O) groups is 1. The highest BCUT2D eigenvalue weighted by Gasteiger charge is 2.37. The first kappa shape index (κ1) is 17.3. The van der Waals surface area contributed by atoms with E-state index in [1.54, 1.807) is 6.07 Å². The average molecular weight is 392 g/mol. The summed E-state index contributed by atoms with van der Waals surface area (Å²) in [6.07, 6.45) is 1.14. The van der Waals surface area contributed by atoms with Gasteiger partial charge in [0, 0.05) is 28.2 Å². The van der Waals surface area contributed by atoms with E-state index in [1.165, 1.54) is 0 Å². The van der Waals surface area contributed by atoms with Gasteiger partial charge in [0.2, 0.25) is 0 Å². The number of nitrogens with zero attached hydrogens (tertiary/aromatic N) is 1. The van der Waals surface area contributed by atoms with E-state index in [0.717, 1.165) is 22.3 Å². The van der Waals surface area contributed by atoms with Gasteiger partial charge in [-0.1, -0.05) is 43.6 Å². The Morgan fingerprint density at radius 2 is 1.64 bits per heavy atom. The number of hydrogen-bond acceptors (Lipinski definition) is 3. The number of hydrogen-bond donors (Lipinski definition) is 0. The number of rotatable bonds is 1. The third-order valence-electron chi connectivity index (χ3n) is 5.47. The molecular weight excluding hydrogens is 374 g/mol. The Hall–Kier alpha value is -2.85. The summed E-state index contributed by atoms with van der Waals surface area (Å²) in [4.78, 5) is 25.7. The summed E-state index contributed by atoms with van der Waals surface area (Å²) in [6, 6.07) is 14.9. The second-order valence-corrected chi connectivity index (χ2v) is 8.62. The van der Waals surface area contributed by atoms with E-state index < -0.39 is 5.63 Å². The molecule has 140 valence electrons. The highest BCUT2D eigenvalue weighted by Crippen LogP contribution is 2.42. The summed E-state index contributed by atoms with van der Waals surface area (Å²) in [5, 5.41) is 1.93. The summed E-state index contributed by atoms with van der Waals surface area (Å²) >= 11 is 6.10. The molecule has 1 aliphatic carbocycles. The van der Waals surface area contributed by atoms with Crippen molar-refractivity contribution in [2.75, 3.05) is 0 Å². The Morgan fingerprint density at radius 3 is 2.36 bits per heavy atom. The summed E-state index contributed by atoms with van der Waals surface area (Å²) < 4.78 is 7.78. The second kappa shape index (κ2) is 5.82. The topological polar surface area (TPSA) is 52.2 Å². The van der Waals surface area contributed by atoms with Crippen LogP contribution in [0.1, 0.15) is 36.3 Å². The first-order valence-corrected chi connectivity index (χ1v) is 9.62. The van der Waals surface area contributed by atoms with Crippen LogP contribution in [0.3, 0.4) is 0 Å². The molecule has 0 atom stereocenters. The van der Waals surface area contributed by atoms with Crippen LogP contribution < -0.4 is 5.63 Å². The Morgan fingerprint density at radius 1 is 0.964 bits per heavy atom. The van der Waals surface area contributed by atoms with Gasteiger partial charge in [-0.05, 0) is 42.2 Å². The fourth-order valence-electron chi connectivity index (χ4n) is 4.32. The van der Waals surface area contributed by atoms with Crippen LogP contribution in [0.15, 0.2) is 57.7 Å². The van der Waals surface area contributed by atoms with Crippen molar-refractivity contribution in [2.45, 2.75) is 26.7 Å². The maximum atomic E-state index is 13.1. The summed E-state index contributed by atoms with van der Waals surface area (Å²) in [5.41, 5.74) is 2.86. The number of benzene rings is 2. The highest BCUT2D eigenvalue weighted by molar-refractivity contribution is 6.30. The lowest BCUT2D eigenvalue weighted by molar-refractivity contribution is 0.0911. The molecule has 1 aliphatic rings. The summed E-state index contributed by atoms with van der Waals surface area (Å²) in [5.74, 6) is 0.0161. The van der Waals surface area contributed by atoms with E-state index in [0.29, 0.717) is 34.4 Å². The fraction of sp³-hybridized carbons (Fsp3) is 0.217. The molecule has 28 heavy (non-hydrogen) atoms. The summed E-state index contributed by atoms with van der Waals surface area (Å²) in [7, 11) is 0. The smallest absolute Gasteiger partial charge is 0.344 e. The van der Waals surface area contributed by atoms with Gasteiger partial charge in [0.1, 0.15) is 0 Å². The van der Waals surface area contributed by atoms with Gasteiger partial charge in [-0.25, -0.2) is 4.79 Å². The van der Waals surface area contributed by atoms with Crippen molar-refractivity contribution < 1.29 is 9.21 Å². The molecule has 0 spiro atoms. The quantitative estimate of drug-likeness (QED) is 0.427. The van der Waals surface area contributed by atoms with Crippen LogP contribution in [0.25, 0.3) is 27.6 Å². The number of ketones is 1. The molecule has 0 bridgehead atoms. The molecule has 0 N–H and O–H groups in total. The molecule has 0 unspecified atom stereocenters. The Kier molecular flexibility index (Phi) is 3.59. The zero-order valence-corrected chi connectivity index (χ0v) is 16.3. The highest BCUT2D eigenvalue weighted by atomic mass is 35.5. The number of fused-ring (bicyclic) bond motifs is 5. The molecule has 2 aromatic heterocycles. The number of Topliss-reactive ketones (excluding diaryl/α,β-unsaturated/α-hetero) is 1. The van der Waals surface area contributed by atoms with E-state index in [2.05, 4.69) is 18.4 Å². The molecule has 0 fully saturated rings. The molecule has 5 heteroatoms. The number of carbonyl (C=O) groups excluding carboxylic acids is 1. The van der Waals surface area contributed by atoms with Gasteiger partial charge < -0.3 is 8.98 Å². The molecule has 0 radical (unpaired) electrons. The molecule has 4 nitrogen and oxygen atoms in total. The second-order valence-electron chi connectivity index (χ2n) is 8.19. The van der Waals surface area contributed by atoms with Crippen molar-refractivity contribution in [1.29, 1.82) is 0 Å². The van der Waals surface area contributed by atoms with Gasteiger partial charge in [0.05, 0.1) is 16.5 Å². The molecule has 5 rings (SSSR count). The third-order valence-corrected chi connectivity index (χ3v) is 5.72. The van der Waals surface area contributed by atoms with Crippen molar-refractivity contribution in [2.24, 2.45) is 5.41 Å². The largest absolute Gasteiger partial charge is 0.420 e. The monoisotopic (exact) mass is 391 g/mol. The van der Waals surface area contributed by atoms with Crippen molar-refractivity contribution in [3.63, 3.8) is 0 Å². The van der Waals surface area contributed by atoms with Crippen LogP contribution >= 0.6 is 11.6 Å². The Bertz CT molecular complexity index is 1330. The van der Waals surface area contributed by atoms with Gasteiger partial charge in [0.25, 0.3) is 0 Å². The molecule has 0 saturated carbocycles. The minimum absolute atomic E-state index is 0.0161. The van der Waals surface area contributed by atoms with Gasteiger partial charge in [0.15, 0.2) is 11.4 Å². The Labute approximate surface area is 166 Å². The maximum Gasteiger partial charge on any atom is 0.344 e. The zero-order chi connectivity index (χ0) is 19.6. The average Bonchev–Trinajstić information content (AvgIpc) is 2.95. The van der Waals surface area contributed by atoms with E-state index in [9.17, 15) is 9.59 Å². The lowest BCUT2D eigenvalue weighted by atomic mass is 9.76. The molecule has 4 aromatic rings.